The first kappa shape index (κ1) is 10.8. The van der Waals surface area contributed by atoms with E-state index in [1.807, 2.05) is 0 Å². The summed E-state index contributed by atoms with van der Waals surface area (Å²) in [5.74, 6) is 1.39. The maximum Gasteiger partial charge on any atom is 0.0368 e. The summed E-state index contributed by atoms with van der Waals surface area (Å²) in [5, 5.41) is 0. The van der Waals surface area contributed by atoms with E-state index in [4.69, 9.17) is 0 Å². The van der Waals surface area contributed by atoms with Gasteiger partial charge in [0.05, 0.1) is 0 Å². The van der Waals surface area contributed by atoms with Crippen molar-refractivity contribution in [3.63, 3.8) is 0 Å². The SMILES string of the molecule is CC1=CC2=C(C(C)CC(C)(C)N2C)C1C. The molecule has 0 saturated heterocycles. The molecule has 1 nitrogen and oxygen atoms in total. The summed E-state index contributed by atoms with van der Waals surface area (Å²) in [5.41, 5.74) is 4.98. The third kappa shape index (κ3) is 1.44. The van der Waals surface area contributed by atoms with Crippen molar-refractivity contribution in [3.8, 4) is 0 Å². The average Bonchev–Trinajstić information content (AvgIpc) is 2.40. The molecule has 2 rings (SSSR count). The molecule has 0 aromatic heterocycles. The van der Waals surface area contributed by atoms with Crippen LogP contribution in [-0.2, 0) is 0 Å². The minimum atomic E-state index is 0.305. The molecule has 0 amide bonds. The van der Waals surface area contributed by atoms with E-state index in [9.17, 15) is 0 Å². The van der Waals surface area contributed by atoms with Crippen LogP contribution in [-0.4, -0.2) is 17.5 Å². The van der Waals surface area contributed by atoms with E-state index in [0.29, 0.717) is 11.5 Å². The molecule has 1 heteroatoms. The fourth-order valence-electron chi connectivity index (χ4n) is 3.18. The second-order valence-electron chi connectivity index (χ2n) is 5.93. The Morgan fingerprint density at radius 2 is 1.93 bits per heavy atom. The third-order valence-electron chi connectivity index (χ3n) is 4.42. The van der Waals surface area contributed by atoms with E-state index in [1.54, 1.807) is 5.57 Å². The lowest BCUT2D eigenvalue weighted by molar-refractivity contribution is 0.154. The van der Waals surface area contributed by atoms with Crippen molar-refractivity contribution in [3.05, 3.63) is 22.9 Å². The van der Waals surface area contributed by atoms with Crippen LogP contribution in [0.2, 0.25) is 0 Å². The number of likely N-dealkylation sites (N-methyl/N-ethyl adjacent to an activating group) is 1. The van der Waals surface area contributed by atoms with E-state index in [1.165, 1.54) is 17.7 Å². The molecule has 1 heterocycles. The van der Waals surface area contributed by atoms with Crippen LogP contribution < -0.4 is 0 Å². The number of allylic oxidation sites excluding steroid dienone is 3. The molecule has 0 radical (unpaired) electrons. The number of hydrogen-bond acceptors (Lipinski definition) is 1. The van der Waals surface area contributed by atoms with Gasteiger partial charge in [-0.3, -0.25) is 0 Å². The molecule has 15 heavy (non-hydrogen) atoms. The first-order valence-corrected chi connectivity index (χ1v) is 6.00. The van der Waals surface area contributed by atoms with Crippen LogP contribution in [0.5, 0.6) is 0 Å². The van der Waals surface area contributed by atoms with Crippen molar-refractivity contribution >= 4 is 0 Å². The average molecular weight is 205 g/mol. The smallest absolute Gasteiger partial charge is 0.0368 e. The Morgan fingerprint density at radius 3 is 2.53 bits per heavy atom. The molecule has 0 N–H and O–H groups in total. The summed E-state index contributed by atoms with van der Waals surface area (Å²) in [6.07, 6.45) is 3.66. The van der Waals surface area contributed by atoms with Gasteiger partial charge in [0.1, 0.15) is 0 Å². The molecule has 0 aromatic carbocycles. The molecule has 84 valence electrons. The fraction of sp³-hybridized carbons (Fsp3) is 0.714. The van der Waals surface area contributed by atoms with Gasteiger partial charge in [0.15, 0.2) is 0 Å². The molecule has 2 atom stereocenters. The fourth-order valence-corrected chi connectivity index (χ4v) is 3.18. The van der Waals surface area contributed by atoms with Crippen LogP contribution in [0.15, 0.2) is 22.9 Å². The number of hydrogen-bond donors (Lipinski definition) is 0. The Morgan fingerprint density at radius 1 is 1.33 bits per heavy atom. The molecule has 0 spiro atoms. The van der Waals surface area contributed by atoms with Crippen molar-refractivity contribution in [1.82, 2.24) is 4.90 Å². The maximum absolute atomic E-state index is 2.47. The predicted octanol–water partition coefficient (Wildman–Crippen LogP) is 3.59. The maximum atomic E-state index is 2.47. The zero-order chi connectivity index (χ0) is 11.4. The van der Waals surface area contributed by atoms with Crippen molar-refractivity contribution in [2.24, 2.45) is 11.8 Å². The third-order valence-corrected chi connectivity index (χ3v) is 4.42. The van der Waals surface area contributed by atoms with Crippen molar-refractivity contribution < 1.29 is 0 Å². The van der Waals surface area contributed by atoms with Crippen LogP contribution in [0.4, 0.5) is 0 Å². The first-order valence-electron chi connectivity index (χ1n) is 6.00. The van der Waals surface area contributed by atoms with Gasteiger partial charge in [-0.2, -0.15) is 0 Å². The zero-order valence-electron chi connectivity index (χ0n) is 10.9. The van der Waals surface area contributed by atoms with Gasteiger partial charge in [0.25, 0.3) is 0 Å². The highest BCUT2D eigenvalue weighted by molar-refractivity contribution is 5.43. The molecule has 0 saturated carbocycles. The highest BCUT2D eigenvalue weighted by Gasteiger charge is 2.39. The minimum Gasteiger partial charge on any atom is -0.369 e. The van der Waals surface area contributed by atoms with E-state index in [2.05, 4.69) is 52.6 Å². The summed E-state index contributed by atoms with van der Waals surface area (Å²) in [7, 11) is 2.24. The lowest BCUT2D eigenvalue weighted by Gasteiger charge is -2.45. The van der Waals surface area contributed by atoms with Gasteiger partial charge < -0.3 is 4.90 Å². The topological polar surface area (TPSA) is 3.24 Å². The second kappa shape index (κ2) is 3.13. The Kier molecular flexibility index (Phi) is 2.25. The predicted molar refractivity (Wildman–Crippen MR) is 65.6 cm³/mol. The molecular weight excluding hydrogens is 182 g/mol. The van der Waals surface area contributed by atoms with Crippen LogP contribution in [0.3, 0.4) is 0 Å². The molecule has 0 fully saturated rings. The standard InChI is InChI=1S/C14H23N/c1-9-7-12-13(11(9)3)10(2)8-14(4,5)15(12)6/h7,10-11H,8H2,1-6H3. The second-order valence-corrected chi connectivity index (χ2v) is 5.93. The monoisotopic (exact) mass is 205 g/mol. The van der Waals surface area contributed by atoms with Crippen LogP contribution >= 0.6 is 0 Å². The van der Waals surface area contributed by atoms with Crippen molar-refractivity contribution in [2.45, 2.75) is 46.6 Å². The summed E-state index contributed by atoms with van der Waals surface area (Å²) in [6.45, 7) is 11.7. The van der Waals surface area contributed by atoms with E-state index >= 15 is 0 Å². The molecule has 2 unspecified atom stereocenters. The van der Waals surface area contributed by atoms with E-state index in [0.717, 1.165) is 5.92 Å². The highest BCUT2D eigenvalue weighted by Crippen LogP contribution is 2.46. The lowest BCUT2D eigenvalue weighted by Crippen LogP contribution is -2.45. The van der Waals surface area contributed by atoms with Gasteiger partial charge in [-0.1, -0.05) is 19.4 Å². The van der Waals surface area contributed by atoms with Crippen LogP contribution in [0, 0.1) is 11.8 Å². The van der Waals surface area contributed by atoms with Gasteiger partial charge in [-0.25, -0.2) is 0 Å². The van der Waals surface area contributed by atoms with Gasteiger partial charge in [-0.05, 0) is 44.8 Å². The lowest BCUT2D eigenvalue weighted by atomic mass is 9.77. The Balaban J connectivity index is 2.46. The van der Waals surface area contributed by atoms with Gasteiger partial charge >= 0.3 is 0 Å². The molecule has 0 aromatic rings. The summed E-state index contributed by atoms with van der Waals surface area (Å²) >= 11 is 0. The van der Waals surface area contributed by atoms with Gasteiger partial charge in [0, 0.05) is 24.2 Å². The molecule has 0 bridgehead atoms. The summed E-state index contributed by atoms with van der Waals surface area (Å²) in [4.78, 5) is 2.47. The van der Waals surface area contributed by atoms with Gasteiger partial charge in [-0.15, -0.1) is 0 Å². The van der Waals surface area contributed by atoms with Crippen molar-refractivity contribution in [1.29, 1.82) is 0 Å². The molecular formula is C14H23N. The Bertz CT molecular complexity index is 346. The molecule has 2 aliphatic rings. The normalized spacial score (nSPS) is 34.3. The van der Waals surface area contributed by atoms with E-state index < -0.39 is 0 Å². The van der Waals surface area contributed by atoms with Crippen molar-refractivity contribution in [2.75, 3.05) is 7.05 Å². The largest absolute Gasteiger partial charge is 0.369 e. The first-order chi connectivity index (χ1) is 6.84. The summed E-state index contributed by atoms with van der Waals surface area (Å²) in [6, 6.07) is 0. The van der Waals surface area contributed by atoms with Crippen LogP contribution in [0.25, 0.3) is 0 Å². The quantitative estimate of drug-likeness (QED) is 0.584. The van der Waals surface area contributed by atoms with Crippen LogP contribution in [0.1, 0.15) is 41.0 Å². The van der Waals surface area contributed by atoms with Gasteiger partial charge in [0.2, 0.25) is 0 Å². The zero-order valence-corrected chi connectivity index (χ0v) is 10.9. The Labute approximate surface area is 93.9 Å². The Hall–Kier alpha value is -0.720. The molecule has 1 aliphatic heterocycles. The highest BCUT2D eigenvalue weighted by atomic mass is 15.2. The van der Waals surface area contributed by atoms with E-state index in [-0.39, 0.29) is 0 Å². The summed E-state index contributed by atoms with van der Waals surface area (Å²) < 4.78 is 0. The number of nitrogens with zero attached hydrogens (tertiary/aromatic N) is 1. The molecule has 1 aliphatic carbocycles. The minimum absolute atomic E-state index is 0.305. The number of rotatable bonds is 0.